The number of hydrogen-bond acceptors (Lipinski definition) is 2. The highest BCUT2D eigenvalue weighted by Gasteiger charge is 2.48. The topological polar surface area (TPSA) is 46.2 Å². The van der Waals surface area contributed by atoms with Crippen molar-refractivity contribution in [3.63, 3.8) is 0 Å². The van der Waals surface area contributed by atoms with Gasteiger partial charge in [0.25, 0.3) is 12.9 Å². The molecule has 0 saturated carbocycles. The maximum absolute atomic E-state index is 12.4. The molecule has 15 heavy (non-hydrogen) atoms. The van der Waals surface area contributed by atoms with Gasteiger partial charge in [-0.1, -0.05) is 12.1 Å². The summed E-state index contributed by atoms with van der Waals surface area (Å²) in [6.45, 7) is 0. The van der Waals surface area contributed by atoms with E-state index in [1.807, 2.05) is 0 Å². The molecule has 0 saturated heterocycles. The second kappa shape index (κ2) is 4.06. The quantitative estimate of drug-likeness (QED) is 0.608. The normalized spacial score (nSPS) is 12.5. The van der Waals surface area contributed by atoms with Gasteiger partial charge in [0.05, 0.1) is 0 Å². The van der Waals surface area contributed by atoms with Gasteiger partial charge >= 0.3 is 0 Å². The molecular weight excluding hydrogens is 214 g/mol. The minimum absolute atomic E-state index is 0.240. The first-order valence-electron chi connectivity index (χ1n) is 4.03. The van der Waals surface area contributed by atoms with Crippen LogP contribution >= 0.6 is 0 Å². The number of aliphatic hydroxyl groups is 1. The summed E-state index contributed by atoms with van der Waals surface area (Å²) < 4.78 is 49.4. The van der Waals surface area contributed by atoms with E-state index in [4.69, 9.17) is 5.73 Å². The van der Waals surface area contributed by atoms with Gasteiger partial charge in [0, 0.05) is 5.69 Å². The molecule has 1 aromatic carbocycles. The Kier molecular flexibility index (Phi) is 3.18. The Morgan fingerprint density at radius 1 is 1.00 bits per heavy atom. The van der Waals surface area contributed by atoms with Crippen molar-refractivity contribution in [3.05, 3.63) is 29.8 Å². The predicted molar refractivity (Wildman–Crippen MR) is 46.8 cm³/mol. The molecule has 1 rings (SSSR count). The zero-order valence-corrected chi connectivity index (χ0v) is 7.50. The summed E-state index contributed by atoms with van der Waals surface area (Å²) in [6, 6.07) is 4.25. The van der Waals surface area contributed by atoms with Crippen LogP contribution in [0.15, 0.2) is 24.3 Å². The molecule has 6 heteroatoms. The first-order chi connectivity index (χ1) is 6.89. The van der Waals surface area contributed by atoms with Crippen LogP contribution in [-0.2, 0) is 5.60 Å². The van der Waals surface area contributed by atoms with Crippen LogP contribution in [0.4, 0.5) is 23.2 Å². The van der Waals surface area contributed by atoms with Crippen molar-refractivity contribution in [3.8, 4) is 0 Å². The Morgan fingerprint density at radius 2 is 1.40 bits per heavy atom. The van der Waals surface area contributed by atoms with Crippen LogP contribution in [0.25, 0.3) is 0 Å². The van der Waals surface area contributed by atoms with Gasteiger partial charge in [0.15, 0.2) is 0 Å². The number of halogens is 4. The molecule has 2 nitrogen and oxygen atoms in total. The summed E-state index contributed by atoms with van der Waals surface area (Å²) in [5.41, 5.74) is 1.52. The molecule has 1 aromatic rings. The Labute approximate surface area is 83.3 Å². The number of rotatable bonds is 3. The SMILES string of the molecule is Nc1ccc(C(O)(C(F)F)C(F)F)cc1. The Morgan fingerprint density at radius 3 is 1.73 bits per heavy atom. The van der Waals surface area contributed by atoms with E-state index in [0.29, 0.717) is 0 Å². The Balaban J connectivity index is 3.16. The monoisotopic (exact) mass is 223 g/mol. The number of nitrogen functional groups attached to an aromatic ring is 1. The number of benzene rings is 1. The molecule has 3 N–H and O–H groups in total. The van der Waals surface area contributed by atoms with E-state index in [1.54, 1.807) is 0 Å². The number of hydrogen-bond donors (Lipinski definition) is 2. The first kappa shape index (κ1) is 11.8. The lowest BCUT2D eigenvalue weighted by Crippen LogP contribution is -2.41. The van der Waals surface area contributed by atoms with Gasteiger partial charge in [-0.15, -0.1) is 0 Å². The van der Waals surface area contributed by atoms with Crippen LogP contribution < -0.4 is 5.73 Å². The van der Waals surface area contributed by atoms with Crippen LogP contribution in [0.3, 0.4) is 0 Å². The van der Waals surface area contributed by atoms with Crippen molar-refractivity contribution in [2.75, 3.05) is 5.73 Å². The summed E-state index contributed by atoms with van der Waals surface area (Å²) in [5, 5.41) is 9.19. The van der Waals surface area contributed by atoms with Crippen LogP contribution in [0.1, 0.15) is 5.56 Å². The third-order valence-corrected chi connectivity index (χ3v) is 2.04. The molecule has 0 amide bonds. The summed E-state index contributed by atoms with van der Waals surface area (Å²) in [6.07, 6.45) is -7.14. The molecule has 0 radical (unpaired) electrons. The number of nitrogens with two attached hydrogens (primary N) is 1. The maximum atomic E-state index is 12.4. The number of alkyl halides is 4. The van der Waals surface area contributed by atoms with E-state index in [1.165, 1.54) is 12.1 Å². The van der Waals surface area contributed by atoms with E-state index < -0.39 is 24.0 Å². The highest BCUT2D eigenvalue weighted by molar-refractivity contribution is 5.41. The van der Waals surface area contributed by atoms with Crippen molar-refractivity contribution < 1.29 is 22.7 Å². The highest BCUT2D eigenvalue weighted by atomic mass is 19.3. The third kappa shape index (κ3) is 2.04. The van der Waals surface area contributed by atoms with Gasteiger partial charge in [-0.25, -0.2) is 17.6 Å². The molecule has 0 spiro atoms. The van der Waals surface area contributed by atoms with Gasteiger partial charge in [-0.05, 0) is 17.7 Å². The number of anilines is 1. The van der Waals surface area contributed by atoms with Crippen molar-refractivity contribution in [1.82, 2.24) is 0 Å². The van der Waals surface area contributed by atoms with E-state index >= 15 is 0 Å². The maximum Gasteiger partial charge on any atom is 0.276 e. The van der Waals surface area contributed by atoms with Crippen LogP contribution in [0, 0.1) is 0 Å². The van der Waals surface area contributed by atoms with E-state index in [9.17, 15) is 22.7 Å². The second-order valence-corrected chi connectivity index (χ2v) is 3.05. The van der Waals surface area contributed by atoms with Crippen molar-refractivity contribution in [2.24, 2.45) is 0 Å². The second-order valence-electron chi connectivity index (χ2n) is 3.05. The van der Waals surface area contributed by atoms with Gasteiger partial charge in [-0.3, -0.25) is 0 Å². The van der Waals surface area contributed by atoms with E-state index in [-0.39, 0.29) is 5.69 Å². The molecule has 84 valence electrons. The van der Waals surface area contributed by atoms with Gasteiger partial charge in [0.2, 0.25) is 5.60 Å². The lowest BCUT2D eigenvalue weighted by atomic mass is 9.94. The smallest absolute Gasteiger partial charge is 0.276 e. The lowest BCUT2D eigenvalue weighted by molar-refractivity contribution is -0.183. The fourth-order valence-corrected chi connectivity index (χ4v) is 1.10. The zero-order valence-electron chi connectivity index (χ0n) is 7.50. The average Bonchev–Trinajstić information content (AvgIpc) is 2.17. The molecule has 0 unspecified atom stereocenters. The zero-order chi connectivity index (χ0) is 11.6. The Bertz CT molecular complexity index is 317. The molecule has 0 aliphatic carbocycles. The minimum atomic E-state index is -3.57. The molecule has 0 aromatic heterocycles. The summed E-state index contributed by atoms with van der Waals surface area (Å²) >= 11 is 0. The van der Waals surface area contributed by atoms with Gasteiger partial charge < -0.3 is 10.8 Å². The van der Waals surface area contributed by atoms with Gasteiger partial charge in [-0.2, -0.15) is 0 Å². The molecular formula is C9H9F4NO. The molecule has 0 atom stereocenters. The molecule has 0 aliphatic heterocycles. The van der Waals surface area contributed by atoms with E-state index in [2.05, 4.69) is 0 Å². The van der Waals surface area contributed by atoms with Crippen LogP contribution in [0.5, 0.6) is 0 Å². The largest absolute Gasteiger partial charge is 0.399 e. The van der Waals surface area contributed by atoms with E-state index in [0.717, 1.165) is 12.1 Å². The Hall–Kier alpha value is -1.30. The fraction of sp³-hybridized carbons (Fsp3) is 0.333. The lowest BCUT2D eigenvalue weighted by Gasteiger charge is -2.26. The minimum Gasteiger partial charge on any atom is -0.399 e. The predicted octanol–water partition coefficient (Wildman–Crippen LogP) is 1.99. The molecule has 0 aliphatic rings. The summed E-state index contributed by atoms with van der Waals surface area (Å²) in [5.74, 6) is 0. The fourth-order valence-electron chi connectivity index (χ4n) is 1.10. The molecule has 0 heterocycles. The van der Waals surface area contributed by atoms with Crippen LogP contribution in [0.2, 0.25) is 0 Å². The molecule has 0 bridgehead atoms. The summed E-state index contributed by atoms with van der Waals surface area (Å²) in [4.78, 5) is 0. The van der Waals surface area contributed by atoms with Crippen molar-refractivity contribution in [1.29, 1.82) is 0 Å². The van der Waals surface area contributed by atoms with Crippen molar-refractivity contribution in [2.45, 2.75) is 18.5 Å². The third-order valence-electron chi connectivity index (χ3n) is 2.04. The van der Waals surface area contributed by atoms with Crippen LogP contribution in [-0.4, -0.2) is 18.0 Å². The average molecular weight is 223 g/mol. The summed E-state index contributed by atoms with van der Waals surface area (Å²) in [7, 11) is 0. The molecule has 0 fully saturated rings. The van der Waals surface area contributed by atoms with Gasteiger partial charge in [0.1, 0.15) is 0 Å². The van der Waals surface area contributed by atoms with Crippen molar-refractivity contribution >= 4 is 5.69 Å². The first-order valence-corrected chi connectivity index (χ1v) is 4.03. The standard InChI is InChI=1S/C9H9F4NO/c10-7(11)9(15,8(12)13)5-1-3-6(14)4-2-5/h1-4,7-8,15H,14H2. The highest BCUT2D eigenvalue weighted by Crippen LogP contribution is 2.34.